The fourth-order valence-corrected chi connectivity index (χ4v) is 3.24. The summed E-state index contributed by atoms with van der Waals surface area (Å²) in [5, 5.41) is 14.0. The lowest BCUT2D eigenvalue weighted by Crippen LogP contribution is -1.99. The predicted octanol–water partition coefficient (Wildman–Crippen LogP) is 4.38. The van der Waals surface area contributed by atoms with Crippen LogP contribution in [0.4, 0.5) is 4.39 Å². The van der Waals surface area contributed by atoms with Crippen LogP contribution in [0.1, 0.15) is 16.1 Å². The molecule has 26 heavy (non-hydrogen) atoms. The molecule has 0 spiro atoms. The van der Waals surface area contributed by atoms with E-state index < -0.39 is 5.97 Å². The van der Waals surface area contributed by atoms with Gasteiger partial charge in [0.25, 0.3) is 0 Å². The standard InChI is InChI=1S/C20H16FN3O2/c1-11-4-3-5-14(21)19(11)16-9-13-8-12(6-7-15(13)22-16)18-10-17(20(25)26)23-24(18)2/h3-10,22H,1-2H3,(H,25,26). The molecule has 0 fully saturated rings. The number of hydrogen-bond acceptors (Lipinski definition) is 2. The minimum absolute atomic E-state index is 0.000615. The van der Waals surface area contributed by atoms with Crippen LogP contribution in [-0.2, 0) is 7.05 Å². The largest absolute Gasteiger partial charge is 0.476 e. The van der Waals surface area contributed by atoms with Gasteiger partial charge in [0.05, 0.1) is 5.69 Å². The minimum Gasteiger partial charge on any atom is -0.476 e. The second kappa shape index (κ2) is 5.84. The number of rotatable bonds is 3. The van der Waals surface area contributed by atoms with Gasteiger partial charge in [0.15, 0.2) is 5.69 Å². The summed E-state index contributed by atoms with van der Waals surface area (Å²) in [5.74, 6) is -1.33. The molecule has 2 N–H and O–H groups in total. The number of aryl methyl sites for hydroxylation is 2. The molecule has 6 heteroatoms. The maximum atomic E-state index is 14.3. The predicted molar refractivity (Wildman–Crippen MR) is 97.6 cm³/mol. The molecule has 4 aromatic rings. The lowest BCUT2D eigenvalue weighted by molar-refractivity contribution is 0.0689. The molecule has 0 aliphatic heterocycles. The van der Waals surface area contributed by atoms with Crippen LogP contribution in [0.25, 0.3) is 33.4 Å². The molecule has 5 nitrogen and oxygen atoms in total. The third-order valence-corrected chi connectivity index (χ3v) is 4.51. The van der Waals surface area contributed by atoms with E-state index in [1.54, 1.807) is 17.8 Å². The number of aromatic amines is 1. The van der Waals surface area contributed by atoms with Gasteiger partial charge in [-0.2, -0.15) is 5.10 Å². The molecule has 2 heterocycles. The molecule has 4 rings (SSSR count). The number of benzene rings is 2. The van der Waals surface area contributed by atoms with Crippen LogP contribution < -0.4 is 0 Å². The zero-order chi connectivity index (χ0) is 18.4. The van der Waals surface area contributed by atoms with E-state index in [-0.39, 0.29) is 11.5 Å². The number of nitrogens with one attached hydrogen (secondary N) is 1. The Morgan fingerprint density at radius 2 is 2.00 bits per heavy atom. The zero-order valence-electron chi connectivity index (χ0n) is 14.2. The number of carbonyl (C=O) groups is 1. The van der Waals surface area contributed by atoms with E-state index >= 15 is 0 Å². The van der Waals surface area contributed by atoms with Gasteiger partial charge in [0.1, 0.15) is 5.82 Å². The van der Waals surface area contributed by atoms with Crippen LogP contribution in [0, 0.1) is 12.7 Å². The van der Waals surface area contributed by atoms with E-state index in [1.165, 1.54) is 12.1 Å². The van der Waals surface area contributed by atoms with Crippen LogP contribution in [-0.4, -0.2) is 25.8 Å². The Bertz CT molecular complexity index is 1140. The summed E-state index contributed by atoms with van der Waals surface area (Å²) in [6, 6.07) is 14.2. The van der Waals surface area contributed by atoms with Crippen molar-refractivity contribution in [3.8, 4) is 22.5 Å². The zero-order valence-corrected chi connectivity index (χ0v) is 14.2. The maximum absolute atomic E-state index is 14.3. The Labute approximate surface area is 148 Å². The van der Waals surface area contributed by atoms with Gasteiger partial charge in [-0.25, -0.2) is 9.18 Å². The molecule has 2 aromatic carbocycles. The first kappa shape index (κ1) is 16.1. The normalized spacial score (nSPS) is 11.2. The summed E-state index contributed by atoms with van der Waals surface area (Å²) in [6.07, 6.45) is 0. The molecule has 0 saturated heterocycles. The Kier molecular flexibility index (Phi) is 3.61. The molecule has 130 valence electrons. The van der Waals surface area contributed by atoms with Crippen molar-refractivity contribution in [2.24, 2.45) is 7.05 Å². The van der Waals surface area contributed by atoms with Crippen LogP contribution in [0.2, 0.25) is 0 Å². The highest BCUT2D eigenvalue weighted by molar-refractivity contribution is 5.91. The van der Waals surface area contributed by atoms with E-state index in [4.69, 9.17) is 5.11 Å². The molecule has 0 radical (unpaired) electrons. The number of carboxylic acids is 1. The van der Waals surface area contributed by atoms with Gasteiger partial charge in [0.2, 0.25) is 0 Å². The van der Waals surface area contributed by atoms with Crippen molar-refractivity contribution >= 4 is 16.9 Å². The van der Waals surface area contributed by atoms with E-state index in [2.05, 4.69) is 10.1 Å². The highest BCUT2D eigenvalue weighted by Gasteiger charge is 2.15. The number of carboxylic acid groups (broad SMARTS) is 1. The third-order valence-electron chi connectivity index (χ3n) is 4.51. The second-order valence-corrected chi connectivity index (χ2v) is 6.26. The highest BCUT2D eigenvalue weighted by Crippen LogP contribution is 2.31. The molecule has 0 unspecified atom stereocenters. The summed E-state index contributed by atoms with van der Waals surface area (Å²) < 4.78 is 15.8. The van der Waals surface area contributed by atoms with Crippen molar-refractivity contribution in [2.75, 3.05) is 0 Å². The van der Waals surface area contributed by atoms with Gasteiger partial charge < -0.3 is 10.1 Å². The molecular weight excluding hydrogens is 333 g/mol. The van der Waals surface area contributed by atoms with Crippen LogP contribution in [0.15, 0.2) is 48.5 Å². The van der Waals surface area contributed by atoms with Gasteiger partial charge in [-0.1, -0.05) is 18.2 Å². The van der Waals surface area contributed by atoms with Crippen molar-refractivity contribution in [2.45, 2.75) is 6.92 Å². The Morgan fingerprint density at radius 3 is 2.69 bits per heavy atom. The van der Waals surface area contributed by atoms with Gasteiger partial charge >= 0.3 is 5.97 Å². The Balaban J connectivity index is 1.83. The molecule has 0 saturated carbocycles. The molecule has 0 atom stereocenters. The summed E-state index contributed by atoms with van der Waals surface area (Å²) in [5.41, 5.74) is 4.55. The first-order chi connectivity index (χ1) is 12.4. The molecule has 2 aromatic heterocycles. The number of hydrogen-bond donors (Lipinski definition) is 2. The number of nitrogens with zero attached hydrogens (tertiary/aromatic N) is 2. The third kappa shape index (κ3) is 2.56. The van der Waals surface area contributed by atoms with Gasteiger partial charge in [0, 0.05) is 34.8 Å². The monoisotopic (exact) mass is 349 g/mol. The number of halogens is 1. The quantitative estimate of drug-likeness (QED) is 0.576. The number of fused-ring (bicyclic) bond motifs is 1. The lowest BCUT2D eigenvalue weighted by Gasteiger charge is -2.04. The summed E-state index contributed by atoms with van der Waals surface area (Å²) in [4.78, 5) is 14.4. The summed E-state index contributed by atoms with van der Waals surface area (Å²) >= 11 is 0. The van der Waals surface area contributed by atoms with E-state index in [1.807, 2.05) is 37.3 Å². The van der Waals surface area contributed by atoms with Gasteiger partial charge in [-0.05, 0) is 42.8 Å². The second-order valence-electron chi connectivity index (χ2n) is 6.26. The average molecular weight is 349 g/mol. The Hall–Kier alpha value is -3.41. The van der Waals surface area contributed by atoms with Crippen LogP contribution in [0.5, 0.6) is 0 Å². The Morgan fingerprint density at radius 1 is 1.19 bits per heavy atom. The van der Waals surface area contributed by atoms with Crippen molar-refractivity contribution in [3.05, 3.63) is 65.6 Å². The van der Waals surface area contributed by atoms with E-state index in [0.717, 1.165) is 22.0 Å². The van der Waals surface area contributed by atoms with Gasteiger partial charge in [-0.15, -0.1) is 0 Å². The molecule has 0 amide bonds. The fraction of sp³-hybridized carbons (Fsp3) is 0.100. The topological polar surface area (TPSA) is 70.9 Å². The van der Waals surface area contributed by atoms with E-state index in [9.17, 15) is 9.18 Å². The first-order valence-electron chi connectivity index (χ1n) is 8.10. The minimum atomic E-state index is -1.06. The molecular formula is C20H16FN3O2. The van der Waals surface area contributed by atoms with E-state index in [0.29, 0.717) is 17.0 Å². The molecule has 0 aliphatic carbocycles. The molecule has 0 bridgehead atoms. The smallest absolute Gasteiger partial charge is 0.356 e. The van der Waals surface area contributed by atoms with Crippen molar-refractivity contribution in [3.63, 3.8) is 0 Å². The van der Waals surface area contributed by atoms with Crippen LogP contribution in [0.3, 0.4) is 0 Å². The van der Waals surface area contributed by atoms with Crippen molar-refractivity contribution in [1.82, 2.24) is 14.8 Å². The number of aromatic carboxylic acids is 1. The fourth-order valence-electron chi connectivity index (χ4n) is 3.24. The number of aromatic nitrogens is 3. The first-order valence-corrected chi connectivity index (χ1v) is 8.10. The van der Waals surface area contributed by atoms with Crippen molar-refractivity contribution in [1.29, 1.82) is 0 Å². The lowest BCUT2D eigenvalue weighted by atomic mass is 10.0. The molecule has 0 aliphatic rings. The van der Waals surface area contributed by atoms with Crippen molar-refractivity contribution < 1.29 is 14.3 Å². The van der Waals surface area contributed by atoms with Gasteiger partial charge in [-0.3, -0.25) is 4.68 Å². The maximum Gasteiger partial charge on any atom is 0.356 e. The number of H-pyrrole nitrogens is 1. The summed E-state index contributed by atoms with van der Waals surface area (Å²) in [7, 11) is 1.71. The average Bonchev–Trinajstić information content (AvgIpc) is 3.17. The summed E-state index contributed by atoms with van der Waals surface area (Å²) in [6.45, 7) is 1.87. The van der Waals surface area contributed by atoms with Crippen LogP contribution >= 0.6 is 0 Å². The SMILES string of the molecule is Cc1cccc(F)c1-c1cc2cc(-c3cc(C(=O)O)nn3C)ccc2[nH]1. The highest BCUT2D eigenvalue weighted by atomic mass is 19.1.